The monoisotopic (exact) mass is 246 g/mol. The van der Waals surface area contributed by atoms with Gasteiger partial charge in [-0.05, 0) is 37.1 Å². The van der Waals surface area contributed by atoms with Crippen LogP contribution in [0, 0.1) is 13.8 Å². The van der Waals surface area contributed by atoms with E-state index in [1.807, 2.05) is 31.2 Å². The number of aryl methyl sites for hydroxylation is 2. The van der Waals surface area contributed by atoms with Gasteiger partial charge in [0.25, 0.3) is 0 Å². The van der Waals surface area contributed by atoms with Gasteiger partial charge in [-0.15, -0.1) is 0 Å². The molecule has 0 amide bonds. The van der Waals surface area contributed by atoms with Crippen LogP contribution < -0.4 is 4.74 Å². The average molecular weight is 247 g/mol. The van der Waals surface area contributed by atoms with Gasteiger partial charge >= 0.3 is 0 Å². The van der Waals surface area contributed by atoms with Crippen molar-refractivity contribution in [1.82, 2.24) is 0 Å². The molecule has 0 saturated heterocycles. The third-order valence-electron chi connectivity index (χ3n) is 2.63. The summed E-state index contributed by atoms with van der Waals surface area (Å²) >= 11 is 5.94. The summed E-state index contributed by atoms with van der Waals surface area (Å²) in [7, 11) is 0. The Morgan fingerprint density at radius 2 is 1.88 bits per heavy atom. The largest absolute Gasteiger partial charge is 0.489 e. The number of ether oxygens (including phenoxy) is 1. The highest BCUT2D eigenvalue weighted by molar-refractivity contribution is 6.30. The summed E-state index contributed by atoms with van der Waals surface area (Å²) in [5.41, 5.74) is 3.51. The Bertz CT molecular complexity index is 520. The van der Waals surface area contributed by atoms with Crippen LogP contribution in [0.3, 0.4) is 0 Å². The first-order valence-corrected chi connectivity index (χ1v) is 5.97. The summed E-state index contributed by atoms with van der Waals surface area (Å²) < 4.78 is 5.77. The maximum Gasteiger partial charge on any atom is 0.124 e. The smallest absolute Gasteiger partial charge is 0.124 e. The van der Waals surface area contributed by atoms with Crippen molar-refractivity contribution in [3.63, 3.8) is 0 Å². The van der Waals surface area contributed by atoms with Gasteiger partial charge in [0.15, 0.2) is 0 Å². The summed E-state index contributed by atoms with van der Waals surface area (Å²) in [6.45, 7) is 4.67. The Hall–Kier alpha value is -1.47. The summed E-state index contributed by atoms with van der Waals surface area (Å²) in [5, 5.41) is 0.704. The Labute approximate surface area is 107 Å². The number of benzene rings is 2. The first kappa shape index (κ1) is 12.0. The van der Waals surface area contributed by atoms with E-state index >= 15 is 0 Å². The van der Waals surface area contributed by atoms with Gasteiger partial charge in [0.2, 0.25) is 0 Å². The van der Waals surface area contributed by atoms with Crippen LogP contribution in [0.5, 0.6) is 5.75 Å². The number of rotatable bonds is 3. The molecule has 0 radical (unpaired) electrons. The molecule has 2 heteroatoms. The fraction of sp³-hybridized carbons (Fsp3) is 0.200. The lowest BCUT2D eigenvalue weighted by molar-refractivity contribution is 0.304. The molecule has 0 saturated carbocycles. The van der Waals surface area contributed by atoms with Crippen LogP contribution in [0.4, 0.5) is 0 Å². The third-order valence-corrected chi connectivity index (χ3v) is 2.86. The van der Waals surface area contributed by atoms with Gasteiger partial charge < -0.3 is 4.74 Å². The van der Waals surface area contributed by atoms with Crippen LogP contribution >= 0.6 is 11.6 Å². The first-order chi connectivity index (χ1) is 8.15. The highest BCUT2D eigenvalue weighted by atomic mass is 35.5. The van der Waals surface area contributed by atoms with E-state index in [0.29, 0.717) is 11.6 Å². The molecule has 0 fully saturated rings. The molecule has 0 heterocycles. The normalized spacial score (nSPS) is 10.3. The number of halogens is 1. The maximum atomic E-state index is 5.94. The van der Waals surface area contributed by atoms with Gasteiger partial charge in [-0.1, -0.05) is 47.5 Å². The lowest BCUT2D eigenvalue weighted by atomic mass is 10.1. The van der Waals surface area contributed by atoms with Crippen LogP contribution in [0.1, 0.15) is 16.7 Å². The summed E-state index contributed by atoms with van der Waals surface area (Å²) in [5.74, 6) is 0.846. The highest BCUT2D eigenvalue weighted by Gasteiger charge is 2.01. The molecule has 0 aliphatic rings. The van der Waals surface area contributed by atoms with Crippen molar-refractivity contribution in [3.05, 3.63) is 64.2 Å². The molecule has 0 aromatic heterocycles. The zero-order valence-corrected chi connectivity index (χ0v) is 10.8. The molecule has 0 atom stereocenters. The van der Waals surface area contributed by atoms with E-state index < -0.39 is 0 Å². The minimum Gasteiger partial charge on any atom is -0.489 e. The van der Waals surface area contributed by atoms with E-state index in [1.165, 1.54) is 11.1 Å². The van der Waals surface area contributed by atoms with E-state index in [1.54, 1.807) is 0 Å². The highest BCUT2D eigenvalue weighted by Crippen LogP contribution is 2.23. The molecule has 0 aliphatic heterocycles. The molecule has 0 spiro atoms. The standard InChI is InChI=1S/C15H15ClO/c1-11-4-3-5-13(8-11)10-17-15-9-14(16)7-6-12(15)2/h3-9H,10H2,1-2H3. The van der Waals surface area contributed by atoms with E-state index in [9.17, 15) is 0 Å². The quantitative estimate of drug-likeness (QED) is 0.773. The second-order valence-corrected chi connectivity index (χ2v) is 4.62. The van der Waals surface area contributed by atoms with Crippen molar-refractivity contribution in [3.8, 4) is 5.75 Å². The van der Waals surface area contributed by atoms with Gasteiger partial charge in [-0.2, -0.15) is 0 Å². The van der Waals surface area contributed by atoms with Crippen LogP contribution in [-0.2, 0) is 6.61 Å². The molecule has 0 N–H and O–H groups in total. The van der Waals surface area contributed by atoms with Gasteiger partial charge in [-0.25, -0.2) is 0 Å². The zero-order chi connectivity index (χ0) is 12.3. The van der Waals surface area contributed by atoms with Crippen LogP contribution in [0.25, 0.3) is 0 Å². The molecule has 88 valence electrons. The third kappa shape index (κ3) is 3.24. The van der Waals surface area contributed by atoms with Gasteiger partial charge in [0.05, 0.1) is 0 Å². The predicted octanol–water partition coefficient (Wildman–Crippen LogP) is 4.54. The van der Waals surface area contributed by atoms with Crippen LogP contribution in [0.2, 0.25) is 5.02 Å². The van der Waals surface area contributed by atoms with E-state index in [-0.39, 0.29) is 0 Å². The second-order valence-electron chi connectivity index (χ2n) is 4.19. The van der Waals surface area contributed by atoms with Crippen molar-refractivity contribution in [2.75, 3.05) is 0 Å². The lowest BCUT2D eigenvalue weighted by Crippen LogP contribution is -1.97. The maximum absolute atomic E-state index is 5.94. The minimum atomic E-state index is 0.572. The molecule has 2 rings (SSSR count). The number of hydrogen-bond donors (Lipinski definition) is 0. The summed E-state index contributed by atoms with van der Waals surface area (Å²) in [6, 6.07) is 14.0. The average Bonchev–Trinajstić information content (AvgIpc) is 2.30. The van der Waals surface area contributed by atoms with Crippen molar-refractivity contribution in [2.24, 2.45) is 0 Å². The Morgan fingerprint density at radius 3 is 2.65 bits per heavy atom. The Morgan fingerprint density at radius 1 is 1.06 bits per heavy atom. The van der Waals surface area contributed by atoms with Gasteiger partial charge in [-0.3, -0.25) is 0 Å². The molecule has 0 bridgehead atoms. The molecule has 2 aromatic rings. The summed E-state index contributed by atoms with van der Waals surface area (Å²) in [6.07, 6.45) is 0. The summed E-state index contributed by atoms with van der Waals surface area (Å²) in [4.78, 5) is 0. The molecule has 1 nitrogen and oxygen atoms in total. The zero-order valence-electron chi connectivity index (χ0n) is 10.0. The van der Waals surface area contributed by atoms with Gasteiger partial charge in [0, 0.05) is 5.02 Å². The first-order valence-electron chi connectivity index (χ1n) is 5.59. The number of hydrogen-bond acceptors (Lipinski definition) is 1. The van der Waals surface area contributed by atoms with E-state index in [4.69, 9.17) is 16.3 Å². The Kier molecular flexibility index (Phi) is 3.70. The molecular weight excluding hydrogens is 232 g/mol. The fourth-order valence-corrected chi connectivity index (χ4v) is 1.85. The molecular formula is C15H15ClO. The predicted molar refractivity (Wildman–Crippen MR) is 71.7 cm³/mol. The van der Waals surface area contributed by atoms with E-state index in [0.717, 1.165) is 11.3 Å². The van der Waals surface area contributed by atoms with Crippen molar-refractivity contribution >= 4 is 11.6 Å². The lowest BCUT2D eigenvalue weighted by Gasteiger charge is -2.09. The fourth-order valence-electron chi connectivity index (χ4n) is 1.69. The van der Waals surface area contributed by atoms with Crippen LogP contribution in [-0.4, -0.2) is 0 Å². The van der Waals surface area contributed by atoms with E-state index in [2.05, 4.69) is 25.1 Å². The second kappa shape index (κ2) is 5.24. The molecule has 17 heavy (non-hydrogen) atoms. The van der Waals surface area contributed by atoms with Gasteiger partial charge in [0.1, 0.15) is 12.4 Å². The Balaban J connectivity index is 2.09. The van der Waals surface area contributed by atoms with Crippen LogP contribution in [0.15, 0.2) is 42.5 Å². The SMILES string of the molecule is Cc1cccc(COc2cc(Cl)ccc2C)c1. The molecule has 0 unspecified atom stereocenters. The van der Waals surface area contributed by atoms with Crippen molar-refractivity contribution in [2.45, 2.75) is 20.5 Å². The molecule has 2 aromatic carbocycles. The molecule has 0 aliphatic carbocycles. The minimum absolute atomic E-state index is 0.572. The topological polar surface area (TPSA) is 9.23 Å². The van der Waals surface area contributed by atoms with Crippen molar-refractivity contribution in [1.29, 1.82) is 0 Å². The van der Waals surface area contributed by atoms with Crippen molar-refractivity contribution < 1.29 is 4.74 Å².